The second-order valence-corrected chi connectivity index (χ2v) is 5.51. The van der Waals surface area contributed by atoms with Gasteiger partial charge in [-0.2, -0.15) is 0 Å². The van der Waals surface area contributed by atoms with Crippen molar-refractivity contribution in [2.75, 3.05) is 0 Å². The lowest BCUT2D eigenvalue weighted by atomic mass is 9.88. The van der Waals surface area contributed by atoms with E-state index in [2.05, 4.69) is 57.2 Å². The Morgan fingerprint density at radius 2 is 1.78 bits per heavy atom. The molecule has 0 saturated heterocycles. The highest BCUT2D eigenvalue weighted by atomic mass is 14.3. The van der Waals surface area contributed by atoms with Crippen molar-refractivity contribution in [2.45, 2.75) is 39.5 Å². The molecule has 2 aromatic rings. The Hall–Kier alpha value is -1.56. The molecule has 0 bridgehead atoms. The lowest BCUT2D eigenvalue weighted by molar-refractivity contribution is 0.830. The molecule has 0 N–H and O–H groups in total. The van der Waals surface area contributed by atoms with Crippen LogP contribution in [0.3, 0.4) is 0 Å². The fourth-order valence-electron chi connectivity index (χ4n) is 3.31. The topological polar surface area (TPSA) is 0 Å². The maximum absolute atomic E-state index is 2.33. The van der Waals surface area contributed by atoms with Crippen LogP contribution in [0.5, 0.6) is 0 Å². The Bertz CT molecular complexity index is 591. The van der Waals surface area contributed by atoms with Crippen molar-refractivity contribution in [2.24, 2.45) is 0 Å². The van der Waals surface area contributed by atoms with E-state index >= 15 is 0 Å². The van der Waals surface area contributed by atoms with Gasteiger partial charge in [-0.05, 0) is 52.1 Å². The smallest absolute Gasteiger partial charge is 0.00105 e. The molecule has 1 aliphatic rings. The van der Waals surface area contributed by atoms with E-state index in [9.17, 15) is 0 Å². The summed E-state index contributed by atoms with van der Waals surface area (Å²) in [5.41, 5.74) is 9.08. The van der Waals surface area contributed by atoms with Crippen molar-refractivity contribution < 1.29 is 0 Å². The van der Waals surface area contributed by atoms with Gasteiger partial charge < -0.3 is 0 Å². The summed E-state index contributed by atoms with van der Waals surface area (Å²) in [6, 6.07) is 13.5. The van der Waals surface area contributed by atoms with Crippen LogP contribution in [0.25, 0.3) is 11.1 Å². The zero-order valence-corrected chi connectivity index (χ0v) is 11.5. The second kappa shape index (κ2) is 4.28. The SMILES string of the molecule is CCc1ccc2c(c1C(C)C)Cc1ccccc1-2. The number of aryl methyl sites for hydroxylation is 1. The first-order valence-electron chi connectivity index (χ1n) is 6.95. The number of benzene rings is 2. The maximum atomic E-state index is 2.33. The highest BCUT2D eigenvalue weighted by Gasteiger charge is 2.23. The fraction of sp³-hybridized carbons (Fsp3) is 0.333. The van der Waals surface area contributed by atoms with Gasteiger partial charge in [-0.15, -0.1) is 0 Å². The Morgan fingerprint density at radius 1 is 1.00 bits per heavy atom. The second-order valence-electron chi connectivity index (χ2n) is 5.51. The molecule has 0 aliphatic heterocycles. The summed E-state index contributed by atoms with van der Waals surface area (Å²) in [4.78, 5) is 0. The van der Waals surface area contributed by atoms with Gasteiger partial charge in [0, 0.05) is 0 Å². The zero-order chi connectivity index (χ0) is 12.7. The molecule has 0 aromatic heterocycles. The van der Waals surface area contributed by atoms with Crippen LogP contribution >= 0.6 is 0 Å². The Kier molecular flexibility index (Phi) is 2.74. The Morgan fingerprint density at radius 3 is 2.50 bits per heavy atom. The summed E-state index contributed by atoms with van der Waals surface area (Å²) in [6.45, 7) is 6.89. The average molecular weight is 236 g/mol. The van der Waals surface area contributed by atoms with Gasteiger partial charge in [-0.25, -0.2) is 0 Å². The van der Waals surface area contributed by atoms with Gasteiger partial charge in [-0.1, -0.05) is 57.2 Å². The lowest BCUT2D eigenvalue weighted by Gasteiger charge is -2.17. The standard InChI is InChI=1S/C18H20/c1-4-13-9-10-16-15-8-6-5-7-14(15)11-17(16)18(13)12(2)3/h5-10,12H,4,11H2,1-3H3. The van der Waals surface area contributed by atoms with Gasteiger partial charge in [0.2, 0.25) is 0 Å². The zero-order valence-electron chi connectivity index (χ0n) is 11.5. The van der Waals surface area contributed by atoms with Gasteiger partial charge >= 0.3 is 0 Å². The Labute approximate surface area is 110 Å². The third-order valence-corrected chi connectivity index (χ3v) is 4.08. The molecule has 1 aliphatic carbocycles. The normalized spacial score (nSPS) is 12.7. The minimum atomic E-state index is 0.615. The number of fused-ring (bicyclic) bond motifs is 3. The monoisotopic (exact) mass is 236 g/mol. The molecule has 0 nitrogen and oxygen atoms in total. The van der Waals surface area contributed by atoms with Crippen LogP contribution in [-0.4, -0.2) is 0 Å². The molecule has 0 fully saturated rings. The fourth-order valence-corrected chi connectivity index (χ4v) is 3.31. The molecule has 0 radical (unpaired) electrons. The predicted molar refractivity (Wildman–Crippen MR) is 78.2 cm³/mol. The maximum Gasteiger partial charge on any atom is -0.00105 e. The van der Waals surface area contributed by atoms with Gasteiger partial charge in [-0.3, -0.25) is 0 Å². The molecule has 0 spiro atoms. The number of hydrogen-bond acceptors (Lipinski definition) is 0. The van der Waals surface area contributed by atoms with E-state index in [1.165, 1.54) is 22.3 Å². The summed E-state index contributed by atoms with van der Waals surface area (Å²) in [5.74, 6) is 0.615. The molecule has 0 atom stereocenters. The molecular formula is C18H20. The van der Waals surface area contributed by atoms with Crippen molar-refractivity contribution in [1.82, 2.24) is 0 Å². The van der Waals surface area contributed by atoms with Crippen LogP contribution in [0.15, 0.2) is 36.4 Å². The van der Waals surface area contributed by atoms with Crippen molar-refractivity contribution >= 4 is 0 Å². The van der Waals surface area contributed by atoms with Crippen molar-refractivity contribution in [3.05, 3.63) is 58.7 Å². The van der Waals surface area contributed by atoms with Crippen LogP contribution in [-0.2, 0) is 12.8 Å². The predicted octanol–water partition coefficient (Wildman–Crippen LogP) is 4.94. The molecule has 92 valence electrons. The minimum absolute atomic E-state index is 0.615. The van der Waals surface area contributed by atoms with Gasteiger partial charge in [0.05, 0.1) is 0 Å². The van der Waals surface area contributed by atoms with Crippen molar-refractivity contribution in [3.8, 4) is 11.1 Å². The molecule has 0 amide bonds. The highest BCUT2D eigenvalue weighted by Crippen LogP contribution is 2.41. The van der Waals surface area contributed by atoms with E-state index in [0.29, 0.717) is 5.92 Å². The summed E-state index contributed by atoms with van der Waals surface area (Å²) < 4.78 is 0. The van der Waals surface area contributed by atoms with Crippen LogP contribution in [0.4, 0.5) is 0 Å². The van der Waals surface area contributed by atoms with E-state index < -0.39 is 0 Å². The van der Waals surface area contributed by atoms with Crippen molar-refractivity contribution in [1.29, 1.82) is 0 Å². The molecular weight excluding hydrogens is 216 g/mol. The third kappa shape index (κ3) is 1.59. The van der Waals surface area contributed by atoms with Crippen LogP contribution < -0.4 is 0 Å². The van der Waals surface area contributed by atoms with Crippen molar-refractivity contribution in [3.63, 3.8) is 0 Å². The van der Waals surface area contributed by atoms with Gasteiger partial charge in [0.25, 0.3) is 0 Å². The largest absolute Gasteiger partial charge is 0.0619 e. The molecule has 3 rings (SSSR count). The first kappa shape index (κ1) is 11.5. The van der Waals surface area contributed by atoms with E-state index in [1.54, 1.807) is 11.1 Å². The van der Waals surface area contributed by atoms with Crippen LogP contribution in [0.2, 0.25) is 0 Å². The van der Waals surface area contributed by atoms with Crippen LogP contribution in [0, 0.1) is 0 Å². The summed E-state index contributed by atoms with van der Waals surface area (Å²) in [7, 11) is 0. The van der Waals surface area contributed by atoms with E-state index in [4.69, 9.17) is 0 Å². The van der Waals surface area contributed by atoms with E-state index in [1.807, 2.05) is 0 Å². The number of hydrogen-bond donors (Lipinski definition) is 0. The lowest BCUT2D eigenvalue weighted by Crippen LogP contribution is -2.01. The van der Waals surface area contributed by atoms with E-state index in [0.717, 1.165) is 12.8 Å². The first-order valence-corrected chi connectivity index (χ1v) is 6.95. The van der Waals surface area contributed by atoms with E-state index in [-0.39, 0.29) is 0 Å². The summed E-state index contributed by atoms with van der Waals surface area (Å²) >= 11 is 0. The Balaban J connectivity index is 2.25. The molecule has 0 unspecified atom stereocenters. The molecule has 0 heteroatoms. The summed E-state index contributed by atoms with van der Waals surface area (Å²) in [5, 5.41) is 0. The molecule has 18 heavy (non-hydrogen) atoms. The molecule has 2 aromatic carbocycles. The quantitative estimate of drug-likeness (QED) is 0.591. The van der Waals surface area contributed by atoms with Gasteiger partial charge in [0.1, 0.15) is 0 Å². The highest BCUT2D eigenvalue weighted by molar-refractivity contribution is 5.78. The third-order valence-electron chi connectivity index (χ3n) is 4.08. The molecule has 0 heterocycles. The minimum Gasteiger partial charge on any atom is -0.0619 e. The summed E-state index contributed by atoms with van der Waals surface area (Å²) in [6.07, 6.45) is 2.25. The van der Waals surface area contributed by atoms with Gasteiger partial charge in [0.15, 0.2) is 0 Å². The van der Waals surface area contributed by atoms with Crippen LogP contribution in [0.1, 0.15) is 48.9 Å². The number of rotatable bonds is 2. The first-order chi connectivity index (χ1) is 8.72. The molecule has 0 saturated carbocycles. The average Bonchev–Trinajstić information content (AvgIpc) is 2.75.